The van der Waals surface area contributed by atoms with Crippen molar-refractivity contribution in [1.82, 2.24) is 19.8 Å². The molecular formula is C16H23ClN4O3. The third kappa shape index (κ3) is 4.10. The van der Waals surface area contributed by atoms with E-state index in [0.717, 1.165) is 35.7 Å². The summed E-state index contributed by atoms with van der Waals surface area (Å²) in [6.07, 6.45) is -0.272. The summed E-state index contributed by atoms with van der Waals surface area (Å²) >= 11 is 0. The zero-order valence-electron chi connectivity index (χ0n) is 13.9. The molecule has 2 heterocycles. The SMILES string of the molecule is Cc1nc2cc(OCCOC(=O)N3CCNCC3)ccc2n1C.Cl. The highest BCUT2D eigenvalue weighted by atomic mass is 35.5. The second kappa shape index (κ2) is 8.21. The number of nitrogens with one attached hydrogen (secondary N) is 1. The molecule has 132 valence electrons. The average molecular weight is 355 g/mol. The first-order valence-corrected chi connectivity index (χ1v) is 7.83. The van der Waals surface area contributed by atoms with Crippen molar-refractivity contribution in [3.63, 3.8) is 0 Å². The first kappa shape index (κ1) is 18.4. The van der Waals surface area contributed by atoms with Gasteiger partial charge in [-0.3, -0.25) is 0 Å². The number of hydrogen-bond acceptors (Lipinski definition) is 5. The minimum absolute atomic E-state index is 0. The molecule has 8 heteroatoms. The quantitative estimate of drug-likeness (QED) is 0.847. The van der Waals surface area contributed by atoms with Crippen molar-refractivity contribution < 1.29 is 14.3 Å². The van der Waals surface area contributed by atoms with Crippen molar-refractivity contribution in [3.8, 4) is 5.75 Å². The minimum atomic E-state index is -0.272. The van der Waals surface area contributed by atoms with Crippen molar-refractivity contribution in [2.24, 2.45) is 7.05 Å². The maximum atomic E-state index is 11.8. The molecule has 7 nitrogen and oxygen atoms in total. The molecule has 1 aromatic carbocycles. The summed E-state index contributed by atoms with van der Waals surface area (Å²) in [5.74, 6) is 1.69. The lowest BCUT2D eigenvalue weighted by molar-refractivity contribution is 0.0844. The van der Waals surface area contributed by atoms with Crippen LogP contribution in [0.15, 0.2) is 18.2 Å². The summed E-state index contributed by atoms with van der Waals surface area (Å²) in [4.78, 5) is 18.0. The second-order valence-corrected chi connectivity index (χ2v) is 5.57. The fourth-order valence-corrected chi connectivity index (χ4v) is 2.62. The molecule has 1 amide bonds. The van der Waals surface area contributed by atoms with E-state index < -0.39 is 0 Å². The minimum Gasteiger partial charge on any atom is -0.490 e. The molecule has 0 unspecified atom stereocenters. The summed E-state index contributed by atoms with van der Waals surface area (Å²) in [6, 6.07) is 5.79. The van der Waals surface area contributed by atoms with Crippen molar-refractivity contribution in [2.75, 3.05) is 39.4 Å². The number of benzene rings is 1. The lowest BCUT2D eigenvalue weighted by Crippen LogP contribution is -2.46. The van der Waals surface area contributed by atoms with E-state index in [9.17, 15) is 4.79 Å². The number of imidazole rings is 1. The standard InChI is InChI=1S/C16H22N4O3.ClH/c1-12-18-14-11-13(3-4-15(14)19(12)2)22-9-10-23-16(21)20-7-5-17-6-8-20;/h3-4,11,17H,5-10H2,1-2H3;1H. The highest BCUT2D eigenvalue weighted by molar-refractivity contribution is 5.85. The van der Waals surface area contributed by atoms with Gasteiger partial charge in [0.15, 0.2) is 0 Å². The van der Waals surface area contributed by atoms with E-state index >= 15 is 0 Å². The van der Waals surface area contributed by atoms with Crippen LogP contribution < -0.4 is 10.1 Å². The number of aryl methyl sites for hydroxylation is 2. The van der Waals surface area contributed by atoms with Gasteiger partial charge < -0.3 is 24.3 Å². The number of nitrogens with zero attached hydrogens (tertiary/aromatic N) is 3. The zero-order valence-corrected chi connectivity index (χ0v) is 14.8. The molecule has 1 N–H and O–H groups in total. The highest BCUT2D eigenvalue weighted by Crippen LogP contribution is 2.20. The molecule has 0 saturated carbocycles. The van der Waals surface area contributed by atoms with Crippen LogP contribution in [-0.2, 0) is 11.8 Å². The van der Waals surface area contributed by atoms with E-state index in [1.807, 2.05) is 36.7 Å². The van der Waals surface area contributed by atoms with E-state index in [1.165, 1.54) is 0 Å². The second-order valence-electron chi connectivity index (χ2n) is 5.57. The average Bonchev–Trinajstić information content (AvgIpc) is 2.86. The van der Waals surface area contributed by atoms with Crippen LogP contribution in [0.4, 0.5) is 4.79 Å². The maximum Gasteiger partial charge on any atom is 0.409 e. The number of aromatic nitrogens is 2. The molecule has 0 aliphatic carbocycles. The van der Waals surface area contributed by atoms with Crippen LogP contribution >= 0.6 is 12.4 Å². The highest BCUT2D eigenvalue weighted by Gasteiger charge is 2.17. The van der Waals surface area contributed by atoms with Crippen LogP contribution in [0.2, 0.25) is 0 Å². The van der Waals surface area contributed by atoms with Crippen molar-refractivity contribution in [1.29, 1.82) is 0 Å². The van der Waals surface area contributed by atoms with Gasteiger partial charge in [0.2, 0.25) is 0 Å². The predicted molar refractivity (Wildman–Crippen MR) is 94.0 cm³/mol. The Morgan fingerprint density at radius 3 is 2.79 bits per heavy atom. The monoisotopic (exact) mass is 354 g/mol. The van der Waals surface area contributed by atoms with Gasteiger partial charge in [0, 0.05) is 39.3 Å². The van der Waals surface area contributed by atoms with Gasteiger partial charge in [0.25, 0.3) is 0 Å². The number of halogens is 1. The molecule has 0 bridgehead atoms. The van der Waals surface area contributed by atoms with E-state index in [-0.39, 0.29) is 25.1 Å². The van der Waals surface area contributed by atoms with Gasteiger partial charge in [-0.1, -0.05) is 0 Å². The van der Waals surface area contributed by atoms with Crippen molar-refractivity contribution in [2.45, 2.75) is 6.92 Å². The molecule has 1 aliphatic heterocycles. The van der Waals surface area contributed by atoms with Crippen molar-refractivity contribution in [3.05, 3.63) is 24.0 Å². The third-order valence-electron chi connectivity index (χ3n) is 4.03. The molecule has 1 aliphatic rings. The van der Waals surface area contributed by atoms with Gasteiger partial charge in [0.1, 0.15) is 24.8 Å². The van der Waals surface area contributed by atoms with Gasteiger partial charge in [-0.25, -0.2) is 9.78 Å². The first-order chi connectivity index (χ1) is 11.1. The molecule has 1 fully saturated rings. The topological polar surface area (TPSA) is 68.6 Å². The van der Waals surface area contributed by atoms with Crippen LogP contribution in [0.5, 0.6) is 5.75 Å². The summed E-state index contributed by atoms with van der Waals surface area (Å²) < 4.78 is 12.9. The molecule has 0 radical (unpaired) electrons. The number of carbonyl (C=O) groups is 1. The Balaban J connectivity index is 0.00000208. The lowest BCUT2D eigenvalue weighted by Gasteiger charge is -2.26. The molecule has 0 spiro atoms. The molecular weight excluding hydrogens is 332 g/mol. The van der Waals surface area contributed by atoms with Crippen LogP contribution in [-0.4, -0.2) is 59.9 Å². The summed E-state index contributed by atoms with van der Waals surface area (Å²) in [7, 11) is 1.99. The smallest absolute Gasteiger partial charge is 0.409 e. The Morgan fingerprint density at radius 1 is 1.29 bits per heavy atom. The molecule has 0 atom stereocenters. The molecule has 1 saturated heterocycles. The Morgan fingerprint density at radius 2 is 2.04 bits per heavy atom. The number of hydrogen-bond donors (Lipinski definition) is 1. The Labute approximate surface area is 147 Å². The Kier molecular flexibility index (Phi) is 6.28. The van der Waals surface area contributed by atoms with Crippen LogP contribution in [0.3, 0.4) is 0 Å². The van der Waals surface area contributed by atoms with Gasteiger partial charge in [-0.2, -0.15) is 0 Å². The fourth-order valence-electron chi connectivity index (χ4n) is 2.62. The largest absolute Gasteiger partial charge is 0.490 e. The van der Waals surface area contributed by atoms with Crippen LogP contribution in [0.1, 0.15) is 5.82 Å². The number of piperazine rings is 1. The van der Waals surface area contributed by atoms with Crippen molar-refractivity contribution >= 4 is 29.5 Å². The molecule has 1 aromatic heterocycles. The van der Waals surface area contributed by atoms with E-state index in [4.69, 9.17) is 9.47 Å². The Hall–Kier alpha value is -1.99. The zero-order chi connectivity index (χ0) is 16.2. The third-order valence-corrected chi connectivity index (χ3v) is 4.03. The normalized spacial score (nSPS) is 14.3. The van der Waals surface area contributed by atoms with Gasteiger partial charge in [0.05, 0.1) is 11.0 Å². The summed E-state index contributed by atoms with van der Waals surface area (Å²) in [5, 5.41) is 3.20. The van der Waals surface area contributed by atoms with Gasteiger partial charge >= 0.3 is 6.09 Å². The van der Waals surface area contributed by atoms with Gasteiger partial charge in [-0.15, -0.1) is 12.4 Å². The first-order valence-electron chi connectivity index (χ1n) is 7.83. The fraction of sp³-hybridized carbons (Fsp3) is 0.500. The van der Waals surface area contributed by atoms with Crippen LogP contribution in [0, 0.1) is 6.92 Å². The molecule has 2 aromatic rings. The molecule has 24 heavy (non-hydrogen) atoms. The number of rotatable bonds is 4. The summed E-state index contributed by atoms with van der Waals surface area (Å²) in [5.41, 5.74) is 1.97. The van der Waals surface area contributed by atoms with E-state index in [1.54, 1.807) is 4.90 Å². The lowest BCUT2D eigenvalue weighted by atomic mass is 10.3. The Bertz CT molecular complexity index is 698. The van der Waals surface area contributed by atoms with Crippen LogP contribution in [0.25, 0.3) is 11.0 Å². The number of carbonyl (C=O) groups excluding carboxylic acids is 1. The maximum absolute atomic E-state index is 11.8. The number of amides is 1. The van der Waals surface area contributed by atoms with Gasteiger partial charge in [-0.05, 0) is 19.1 Å². The number of fused-ring (bicyclic) bond motifs is 1. The van der Waals surface area contributed by atoms with E-state index in [0.29, 0.717) is 19.7 Å². The predicted octanol–water partition coefficient (Wildman–Crippen LogP) is 1.72. The van der Waals surface area contributed by atoms with E-state index in [2.05, 4.69) is 10.3 Å². The number of ether oxygens (including phenoxy) is 2. The summed E-state index contributed by atoms with van der Waals surface area (Å²) in [6.45, 7) is 5.54. The molecule has 3 rings (SSSR count).